The minimum absolute atomic E-state index is 0.178. The topological polar surface area (TPSA) is 94.1 Å². The fourth-order valence-electron chi connectivity index (χ4n) is 1.23. The van der Waals surface area contributed by atoms with Gasteiger partial charge in [-0.1, -0.05) is 0 Å². The number of nitrogens with zero attached hydrogens (tertiary/aromatic N) is 1. The van der Waals surface area contributed by atoms with Crippen LogP contribution in [0.3, 0.4) is 0 Å². The van der Waals surface area contributed by atoms with E-state index in [0.29, 0.717) is 17.0 Å². The summed E-state index contributed by atoms with van der Waals surface area (Å²) in [5.41, 5.74) is 6.72. The first-order valence-corrected chi connectivity index (χ1v) is 4.20. The molecule has 6 heteroatoms. The van der Waals surface area contributed by atoms with E-state index >= 15 is 0 Å². The van der Waals surface area contributed by atoms with Crippen LogP contribution in [0.25, 0.3) is 11.5 Å². The number of aromatic amines is 1. The first-order valence-electron chi connectivity index (χ1n) is 4.20. The minimum atomic E-state index is -0.608. The van der Waals surface area contributed by atoms with Crippen molar-refractivity contribution < 1.29 is 9.15 Å². The minimum Gasteiger partial charge on any atom is -0.496 e. The maximum Gasteiger partial charge on any atom is 0.434 e. The summed E-state index contributed by atoms with van der Waals surface area (Å²) in [6, 6.07) is 4.98. The molecule has 1 aromatic carbocycles. The number of hydrogen-bond donors (Lipinski definition) is 2. The van der Waals surface area contributed by atoms with Gasteiger partial charge < -0.3 is 14.9 Å². The van der Waals surface area contributed by atoms with Crippen LogP contribution in [0, 0.1) is 0 Å². The lowest BCUT2D eigenvalue weighted by atomic mass is 10.2. The van der Waals surface area contributed by atoms with Gasteiger partial charge in [-0.05, 0) is 12.1 Å². The molecule has 6 nitrogen and oxygen atoms in total. The average molecular weight is 207 g/mol. The summed E-state index contributed by atoms with van der Waals surface area (Å²) >= 11 is 0. The number of anilines is 1. The Morgan fingerprint density at radius 2 is 2.33 bits per heavy atom. The highest BCUT2D eigenvalue weighted by molar-refractivity contribution is 5.66. The Morgan fingerprint density at radius 1 is 1.53 bits per heavy atom. The number of nitrogens with two attached hydrogens (primary N) is 1. The van der Waals surface area contributed by atoms with Crippen LogP contribution in [0.1, 0.15) is 0 Å². The van der Waals surface area contributed by atoms with Gasteiger partial charge >= 0.3 is 5.76 Å². The zero-order chi connectivity index (χ0) is 10.8. The first-order chi connectivity index (χ1) is 7.20. The molecule has 0 unspecified atom stereocenters. The summed E-state index contributed by atoms with van der Waals surface area (Å²) < 4.78 is 9.90. The van der Waals surface area contributed by atoms with Gasteiger partial charge in [0, 0.05) is 11.8 Å². The number of nitrogen functional groups attached to an aromatic ring is 1. The van der Waals surface area contributed by atoms with Crippen molar-refractivity contribution >= 4 is 5.69 Å². The number of aromatic nitrogens is 2. The monoisotopic (exact) mass is 207 g/mol. The van der Waals surface area contributed by atoms with Gasteiger partial charge in [0.1, 0.15) is 5.75 Å². The van der Waals surface area contributed by atoms with E-state index in [1.165, 1.54) is 7.11 Å². The molecule has 78 valence electrons. The van der Waals surface area contributed by atoms with Crippen molar-refractivity contribution in [3.8, 4) is 17.2 Å². The molecule has 0 radical (unpaired) electrons. The number of H-pyrrole nitrogens is 1. The van der Waals surface area contributed by atoms with Gasteiger partial charge in [-0.15, -0.1) is 5.10 Å². The maximum atomic E-state index is 10.8. The third-order valence-electron chi connectivity index (χ3n) is 1.89. The largest absolute Gasteiger partial charge is 0.496 e. The lowest BCUT2D eigenvalue weighted by Gasteiger charge is -2.05. The summed E-state index contributed by atoms with van der Waals surface area (Å²) in [4.78, 5) is 10.8. The van der Waals surface area contributed by atoms with Crippen LogP contribution in [-0.2, 0) is 0 Å². The Morgan fingerprint density at radius 3 is 2.93 bits per heavy atom. The second-order valence-electron chi connectivity index (χ2n) is 2.88. The van der Waals surface area contributed by atoms with Crippen molar-refractivity contribution in [2.75, 3.05) is 12.8 Å². The molecule has 0 spiro atoms. The second-order valence-corrected chi connectivity index (χ2v) is 2.88. The third kappa shape index (κ3) is 1.69. The number of rotatable bonds is 2. The number of methoxy groups -OCH3 is 1. The van der Waals surface area contributed by atoms with E-state index in [-0.39, 0.29) is 5.89 Å². The molecule has 0 atom stereocenters. The summed E-state index contributed by atoms with van der Waals surface area (Å²) in [5.74, 6) is 0.0750. The number of hydrogen-bond acceptors (Lipinski definition) is 5. The smallest absolute Gasteiger partial charge is 0.434 e. The van der Waals surface area contributed by atoms with Gasteiger partial charge in [0.05, 0.1) is 12.7 Å². The third-order valence-corrected chi connectivity index (χ3v) is 1.89. The van der Waals surface area contributed by atoms with Crippen LogP contribution >= 0.6 is 0 Å². The predicted molar refractivity (Wildman–Crippen MR) is 53.5 cm³/mol. The van der Waals surface area contributed by atoms with Crippen molar-refractivity contribution in [1.82, 2.24) is 10.2 Å². The molecule has 2 rings (SSSR count). The van der Waals surface area contributed by atoms with Gasteiger partial charge in [0.15, 0.2) is 0 Å². The van der Waals surface area contributed by atoms with E-state index in [4.69, 9.17) is 14.9 Å². The van der Waals surface area contributed by atoms with E-state index in [0.717, 1.165) is 0 Å². The number of ether oxygens (including phenoxy) is 1. The van der Waals surface area contributed by atoms with E-state index in [1.54, 1.807) is 18.2 Å². The van der Waals surface area contributed by atoms with E-state index in [2.05, 4.69) is 10.2 Å². The zero-order valence-electron chi connectivity index (χ0n) is 7.98. The molecule has 0 aliphatic heterocycles. The summed E-state index contributed by atoms with van der Waals surface area (Å²) in [6.45, 7) is 0. The standard InChI is InChI=1S/C9H9N3O3/c1-14-7-4-5(10)2-3-6(7)8-11-12-9(13)15-8/h2-4H,10H2,1H3,(H,12,13). The van der Waals surface area contributed by atoms with E-state index < -0.39 is 5.76 Å². The van der Waals surface area contributed by atoms with Crippen LogP contribution in [0.15, 0.2) is 27.4 Å². The number of benzene rings is 1. The van der Waals surface area contributed by atoms with Crippen molar-refractivity contribution in [1.29, 1.82) is 0 Å². The molecule has 0 saturated carbocycles. The van der Waals surface area contributed by atoms with Crippen LogP contribution in [-0.4, -0.2) is 17.3 Å². The molecule has 2 aromatic rings. The summed E-state index contributed by atoms with van der Waals surface area (Å²) in [6.07, 6.45) is 0. The van der Waals surface area contributed by atoms with Gasteiger partial charge in [-0.3, -0.25) is 0 Å². The van der Waals surface area contributed by atoms with Crippen molar-refractivity contribution in [3.63, 3.8) is 0 Å². The molecule has 0 amide bonds. The molecule has 0 aliphatic rings. The number of nitrogens with one attached hydrogen (secondary N) is 1. The molecule has 1 aromatic heterocycles. The second kappa shape index (κ2) is 3.49. The Kier molecular flexibility index (Phi) is 2.17. The fourth-order valence-corrected chi connectivity index (χ4v) is 1.23. The van der Waals surface area contributed by atoms with E-state index in [1.807, 2.05) is 0 Å². The normalized spacial score (nSPS) is 10.2. The lowest BCUT2D eigenvalue weighted by molar-refractivity contribution is 0.414. The molecule has 15 heavy (non-hydrogen) atoms. The molecule has 3 N–H and O–H groups in total. The Balaban J connectivity index is 2.57. The molecular weight excluding hydrogens is 198 g/mol. The van der Waals surface area contributed by atoms with Crippen molar-refractivity contribution in [3.05, 3.63) is 28.7 Å². The van der Waals surface area contributed by atoms with Crippen LogP contribution < -0.4 is 16.2 Å². The van der Waals surface area contributed by atoms with Crippen LogP contribution in [0.4, 0.5) is 5.69 Å². The predicted octanol–water partition coefficient (Wildman–Crippen LogP) is 0.621. The Bertz CT molecular complexity index is 529. The molecule has 0 bridgehead atoms. The van der Waals surface area contributed by atoms with Gasteiger partial charge in [-0.2, -0.15) is 0 Å². The highest BCUT2D eigenvalue weighted by Gasteiger charge is 2.11. The quantitative estimate of drug-likeness (QED) is 0.704. The fraction of sp³-hybridized carbons (Fsp3) is 0.111. The first kappa shape index (κ1) is 9.32. The lowest BCUT2D eigenvalue weighted by Crippen LogP contribution is -1.93. The summed E-state index contributed by atoms with van der Waals surface area (Å²) in [5, 5.41) is 5.87. The van der Waals surface area contributed by atoms with Crippen LogP contribution in [0.2, 0.25) is 0 Å². The molecule has 1 heterocycles. The highest BCUT2D eigenvalue weighted by atomic mass is 16.5. The van der Waals surface area contributed by atoms with Gasteiger partial charge in [-0.25, -0.2) is 9.89 Å². The average Bonchev–Trinajstić information content (AvgIpc) is 2.64. The van der Waals surface area contributed by atoms with E-state index in [9.17, 15) is 4.79 Å². The molecule has 0 saturated heterocycles. The van der Waals surface area contributed by atoms with Gasteiger partial charge in [0.25, 0.3) is 5.89 Å². The molecular formula is C9H9N3O3. The molecule has 0 aliphatic carbocycles. The Hall–Kier alpha value is -2.24. The Labute approximate surface area is 84.7 Å². The summed E-state index contributed by atoms with van der Waals surface area (Å²) in [7, 11) is 1.50. The zero-order valence-corrected chi connectivity index (χ0v) is 7.98. The maximum absolute atomic E-state index is 10.8. The SMILES string of the molecule is COc1cc(N)ccc1-c1n[nH]c(=O)o1. The van der Waals surface area contributed by atoms with Gasteiger partial charge in [0.2, 0.25) is 0 Å². The van der Waals surface area contributed by atoms with Crippen molar-refractivity contribution in [2.24, 2.45) is 0 Å². The highest BCUT2D eigenvalue weighted by Crippen LogP contribution is 2.29. The molecule has 0 fully saturated rings. The van der Waals surface area contributed by atoms with Crippen LogP contribution in [0.5, 0.6) is 5.75 Å². The van der Waals surface area contributed by atoms with Crippen molar-refractivity contribution in [2.45, 2.75) is 0 Å².